The van der Waals surface area contributed by atoms with Crippen LogP contribution in [0.4, 0.5) is 0 Å². The molecule has 1 aliphatic heterocycles. The van der Waals surface area contributed by atoms with Crippen molar-refractivity contribution >= 4 is 23.2 Å². The molecule has 0 bridgehead atoms. The average Bonchev–Trinajstić information content (AvgIpc) is 2.85. The summed E-state index contributed by atoms with van der Waals surface area (Å²) in [5.41, 5.74) is 1.23. The molecule has 1 N–H and O–H groups in total. The fourth-order valence-electron chi connectivity index (χ4n) is 2.90. The molecular weight excluding hydrogens is 293 g/mol. The van der Waals surface area contributed by atoms with Crippen molar-refractivity contribution in [3.05, 3.63) is 33.8 Å². The largest absolute Gasteiger partial charge is 0.378 e. The molecule has 1 aromatic rings. The Kier molecular flexibility index (Phi) is 6.16. The Morgan fingerprint density at radius 3 is 2.75 bits per heavy atom. The van der Waals surface area contributed by atoms with E-state index in [0.717, 1.165) is 32.4 Å². The Labute approximate surface area is 131 Å². The van der Waals surface area contributed by atoms with Crippen molar-refractivity contribution in [1.82, 2.24) is 5.32 Å². The van der Waals surface area contributed by atoms with Gasteiger partial charge in [0, 0.05) is 18.6 Å². The van der Waals surface area contributed by atoms with Gasteiger partial charge in [-0.2, -0.15) is 0 Å². The number of rotatable bonds is 6. The van der Waals surface area contributed by atoms with E-state index in [1.807, 2.05) is 12.1 Å². The van der Waals surface area contributed by atoms with E-state index < -0.39 is 0 Å². The molecule has 1 heterocycles. The summed E-state index contributed by atoms with van der Waals surface area (Å²) in [6.45, 7) is 6.28. The Hall–Kier alpha value is -0.280. The van der Waals surface area contributed by atoms with Crippen molar-refractivity contribution in [2.45, 2.75) is 45.3 Å². The Morgan fingerprint density at radius 1 is 1.35 bits per heavy atom. The number of benzene rings is 1. The molecule has 20 heavy (non-hydrogen) atoms. The maximum absolute atomic E-state index is 6.11. The van der Waals surface area contributed by atoms with Gasteiger partial charge in [0.05, 0.1) is 16.1 Å². The highest BCUT2D eigenvalue weighted by molar-refractivity contribution is 6.42. The smallest absolute Gasteiger partial charge is 0.0595 e. The molecule has 1 fully saturated rings. The predicted molar refractivity (Wildman–Crippen MR) is 85.8 cm³/mol. The zero-order chi connectivity index (χ0) is 14.5. The van der Waals surface area contributed by atoms with Gasteiger partial charge < -0.3 is 10.1 Å². The highest BCUT2D eigenvalue weighted by Crippen LogP contribution is 2.28. The molecule has 0 saturated carbocycles. The van der Waals surface area contributed by atoms with E-state index >= 15 is 0 Å². The number of ether oxygens (including phenoxy) is 1. The molecule has 0 aliphatic carbocycles. The molecule has 3 atom stereocenters. The summed E-state index contributed by atoms with van der Waals surface area (Å²) in [6.07, 6.45) is 3.56. The van der Waals surface area contributed by atoms with E-state index in [1.54, 1.807) is 0 Å². The van der Waals surface area contributed by atoms with E-state index in [9.17, 15) is 0 Å². The van der Waals surface area contributed by atoms with Gasteiger partial charge in [0.1, 0.15) is 0 Å². The minimum atomic E-state index is 0.326. The SMILES string of the molecule is CCCNC(Cc1ccc(Cl)c(Cl)c1)C1CCOC1C. The minimum Gasteiger partial charge on any atom is -0.378 e. The van der Waals surface area contributed by atoms with Crippen LogP contribution in [0, 0.1) is 5.92 Å². The summed E-state index contributed by atoms with van der Waals surface area (Å²) in [5.74, 6) is 0.566. The van der Waals surface area contributed by atoms with Crippen LogP contribution in [0.1, 0.15) is 32.3 Å². The second-order valence-electron chi connectivity index (χ2n) is 5.54. The lowest BCUT2D eigenvalue weighted by Gasteiger charge is -2.27. The van der Waals surface area contributed by atoms with Crippen LogP contribution in [-0.2, 0) is 11.2 Å². The van der Waals surface area contributed by atoms with Gasteiger partial charge in [0.25, 0.3) is 0 Å². The first-order chi connectivity index (χ1) is 9.61. The highest BCUT2D eigenvalue weighted by atomic mass is 35.5. The van der Waals surface area contributed by atoms with Gasteiger partial charge in [0.2, 0.25) is 0 Å². The third-order valence-electron chi connectivity index (χ3n) is 4.05. The van der Waals surface area contributed by atoms with Crippen LogP contribution >= 0.6 is 23.2 Å². The summed E-state index contributed by atoms with van der Waals surface area (Å²) >= 11 is 12.1. The number of hydrogen-bond acceptors (Lipinski definition) is 2. The molecular formula is C16H23Cl2NO. The van der Waals surface area contributed by atoms with Crippen molar-refractivity contribution in [2.75, 3.05) is 13.2 Å². The molecule has 0 radical (unpaired) electrons. The van der Waals surface area contributed by atoms with Crippen LogP contribution in [0.15, 0.2) is 18.2 Å². The van der Waals surface area contributed by atoms with Gasteiger partial charge in [0.15, 0.2) is 0 Å². The van der Waals surface area contributed by atoms with Crippen molar-refractivity contribution in [3.63, 3.8) is 0 Å². The van der Waals surface area contributed by atoms with E-state index in [4.69, 9.17) is 27.9 Å². The first-order valence-electron chi connectivity index (χ1n) is 7.40. The molecule has 112 valence electrons. The molecule has 0 spiro atoms. The average molecular weight is 316 g/mol. The predicted octanol–water partition coefficient (Wildman–Crippen LogP) is 4.33. The van der Waals surface area contributed by atoms with Gasteiger partial charge in [-0.05, 0) is 50.4 Å². The van der Waals surface area contributed by atoms with Crippen LogP contribution in [0.5, 0.6) is 0 Å². The quantitative estimate of drug-likeness (QED) is 0.843. The standard InChI is InChI=1S/C16H23Cl2NO/c1-3-7-19-16(13-6-8-20-11(13)2)10-12-4-5-14(17)15(18)9-12/h4-5,9,11,13,16,19H,3,6-8,10H2,1-2H3. The first kappa shape index (κ1) is 16.1. The van der Waals surface area contributed by atoms with Gasteiger partial charge in [-0.3, -0.25) is 0 Å². The van der Waals surface area contributed by atoms with Crippen molar-refractivity contribution in [2.24, 2.45) is 5.92 Å². The van der Waals surface area contributed by atoms with Crippen molar-refractivity contribution in [1.29, 1.82) is 0 Å². The maximum Gasteiger partial charge on any atom is 0.0595 e. The zero-order valence-corrected chi connectivity index (χ0v) is 13.7. The maximum atomic E-state index is 6.11. The lowest BCUT2D eigenvalue weighted by Crippen LogP contribution is -2.41. The topological polar surface area (TPSA) is 21.3 Å². The van der Waals surface area contributed by atoms with Crippen LogP contribution in [0.3, 0.4) is 0 Å². The summed E-state index contributed by atoms with van der Waals surface area (Å²) in [5, 5.41) is 4.92. The second kappa shape index (κ2) is 7.65. The molecule has 1 aliphatic rings. The van der Waals surface area contributed by atoms with Crippen LogP contribution < -0.4 is 5.32 Å². The van der Waals surface area contributed by atoms with Crippen LogP contribution in [0.25, 0.3) is 0 Å². The number of nitrogens with one attached hydrogen (secondary N) is 1. The lowest BCUT2D eigenvalue weighted by molar-refractivity contribution is 0.0954. The summed E-state index contributed by atoms with van der Waals surface area (Å²) < 4.78 is 5.72. The van der Waals surface area contributed by atoms with Gasteiger partial charge >= 0.3 is 0 Å². The van der Waals surface area contributed by atoms with Gasteiger partial charge in [-0.15, -0.1) is 0 Å². The van der Waals surface area contributed by atoms with Gasteiger partial charge in [-0.25, -0.2) is 0 Å². The molecule has 2 nitrogen and oxygen atoms in total. The first-order valence-corrected chi connectivity index (χ1v) is 8.16. The molecule has 1 saturated heterocycles. The zero-order valence-electron chi connectivity index (χ0n) is 12.2. The fourth-order valence-corrected chi connectivity index (χ4v) is 3.22. The van der Waals surface area contributed by atoms with E-state index in [0.29, 0.717) is 28.1 Å². The van der Waals surface area contributed by atoms with Gasteiger partial charge in [-0.1, -0.05) is 36.2 Å². The Bertz CT molecular complexity index is 438. The second-order valence-corrected chi connectivity index (χ2v) is 6.36. The number of halogens is 2. The van der Waals surface area contributed by atoms with Crippen LogP contribution in [-0.4, -0.2) is 25.3 Å². The monoisotopic (exact) mass is 315 g/mol. The van der Waals surface area contributed by atoms with Crippen molar-refractivity contribution in [3.8, 4) is 0 Å². The molecule has 3 unspecified atom stereocenters. The van der Waals surface area contributed by atoms with E-state index in [-0.39, 0.29) is 0 Å². The fraction of sp³-hybridized carbons (Fsp3) is 0.625. The Balaban J connectivity index is 2.08. The summed E-state index contributed by atoms with van der Waals surface area (Å²) in [6, 6.07) is 6.36. The summed E-state index contributed by atoms with van der Waals surface area (Å²) in [4.78, 5) is 0. The Morgan fingerprint density at radius 2 is 2.15 bits per heavy atom. The third kappa shape index (κ3) is 4.11. The normalized spacial score (nSPS) is 24.0. The third-order valence-corrected chi connectivity index (χ3v) is 4.79. The van der Waals surface area contributed by atoms with Crippen molar-refractivity contribution < 1.29 is 4.74 Å². The molecule has 2 rings (SSSR count). The van der Waals surface area contributed by atoms with E-state index in [1.165, 1.54) is 5.56 Å². The molecule has 1 aromatic carbocycles. The molecule has 0 aromatic heterocycles. The van der Waals surface area contributed by atoms with E-state index in [2.05, 4.69) is 25.2 Å². The number of hydrogen-bond donors (Lipinski definition) is 1. The highest BCUT2D eigenvalue weighted by Gasteiger charge is 2.31. The van der Waals surface area contributed by atoms with Crippen LogP contribution in [0.2, 0.25) is 10.0 Å². The molecule has 0 amide bonds. The minimum absolute atomic E-state index is 0.326. The summed E-state index contributed by atoms with van der Waals surface area (Å²) in [7, 11) is 0. The lowest BCUT2D eigenvalue weighted by atomic mass is 9.88. The molecule has 4 heteroatoms.